The van der Waals surface area contributed by atoms with Gasteiger partial charge in [0.1, 0.15) is 6.10 Å². The predicted molar refractivity (Wildman–Crippen MR) is 205 cm³/mol. The normalized spacial score (nSPS) is 41.5. The maximum absolute atomic E-state index is 13.2. The summed E-state index contributed by atoms with van der Waals surface area (Å²) in [5.41, 5.74) is 3.16. The molecule has 0 aromatic rings. The van der Waals surface area contributed by atoms with Gasteiger partial charge in [0.2, 0.25) is 0 Å². The SMILES string of the molecule is C=C(C)[C@H]1CC[C@]2(C)C3CC[C@@H]4[C@@]5(C)CC[C@H](OC(=O)CCCCCCCCCCCCCCC)C(C)(C)[C@@H]5CC[C@@]4(C)[C@]3(C)CC[C@@H]12. The first kappa shape index (κ1) is 38.4. The van der Waals surface area contributed by atoms with Gasteiger partial charge >= 0.3 is 5.97 Å². The van der Waals surface area contributed by atoms with Crippen LogP contribution in [-0.4, -0.2) is 12.1 Å². The van der Waals surface area contributed by atoms with Crippen molar-refractivity contribution in [2.45, 2.75) is 216 Å². The second kappa shape index (κ2) is 15.4. The Morgan fingerprint density at radius 2 is 1.10 bits per heavy atom. The highest BCUT2D eigenvalue weighted by molar-refractivity contribution is 5.69. The first-order valence-electron chi connectivity index (χ1n) is 21.6. The summed E-state index contributed by atoms with van der Waals surface area (Å²) in [4.78, 5) is 13.2. The molecular weight excluding hydrogens is 585 g/mol. The van der Waals surface area contributed by atoms with Gasteiger partial charge in [-0.3, -0.25) is 4.79 Å². The molecule has 0 radical (unpaired) electrons. The summed E-state index contributed by atoms with van der Waals surface area (Å²) in [7, 11) is 0. The highest BCUT2D eigenvalue weighted by Gasteiger charge is 2.71. The van der Waals surface area contributed by atoms with E-state index in [0.29, 0.717) is 34.0 Å². The second-order valence-electron chi connectivity index (χ2n) is 20.1. The molecule has 5 fully saturated rings. The van der Waals surface area contributed by atoms with E-state index in [9.17, 15) is 4.79 Å². The fourth-order valence-electron chi connectivity index (χ4n) is 14.5. The minimum absolute atomic E-state index is 0.0432. The average Bonchev–Trinajstić information content (AvgIpc) is 3.38. The van der Waals surface area contributed by atoms with Crippen molar-refractivity contribution in [3.8, 4) is 0 Å². The highest BCUT2D eigenvalue weighted by Crippen LogP contribution is 2.78. The third-order valence-electron chi connectivity index (χ3n) is 17.3. The van der Waals surface area contributed by atoms with E-state index in [1.165, 1.54) is 140 Å². The van der Waals surface area contributed by atoms with Crippen molar-refractivity contribution < 1.29 is 9.53 Å². The van der Waals surface area contributed by atoms with E-state index in [0.717, 1.165) is 36.5 Å². The van der Waals surface area contributed by atoms with Gasteiger partial charge in [-0.05, 0) is 129 Å². The Kier molecular flexibility index (Phi) is 12.4. The highest BCUT2D eigenvalue weighted by atomic mass is 16.5. The lowest BCUT2D eigenvalue weighted by atomic mass is 9.32. The van der Waals surface area contributed by atoms with Crippen LogP contribution in [0.1, 0.15) is 209 Å². The molecule has 0 heterocycles. The fraction of sp³-hybridized carbons (Fsp3) is 0.935. The molecule has 5 saturated carbocycles. The zero-order valence-corrected chi connectivity index (χ0v) is 33.5. The quantitative estimate of drug-likeness (QED) is 0.0932. The second-order valence-corrected chi connectivity index (χ2v) is 20.1. The number of hydrogen-bond acceptors (Lipinski definition) is 2. The minimum atomic E-state index is 0.0432. The van der Waals surface area contributed by atoms with Gasteiger partial charge in [0.05, 0.1) is 0 Å². The van der Waals surface area contributed by atoms with Crippen molar-refractivity contribution in [1.29, 1.82) is 0 Å². The minimum Gasteiger partial charge on any atom is -0.462 e. The van der Waals surface area contributed by atoms with Gasteiger partial charge in [0.25, 0.3) is 0 Å². The van der Waals surface area contributed by atoms with Crippen molar-refractivity contribution in [2.75, 3.05) is 0 Å². The number of hydrogen-bond donors (Lipinski definition) is 0. The zero-order valence-electron chi connectivity index (χ0n) is 33.5. The van der Waals surface area contributed by atoms with E-state index >= 15 is 0 Å². The molecule has 0 amide bonds. The van der Waals surface area contributed by atoms with Crippen molar-refractivity contribution in [2.24, 2.45) is 56.7 Å². The number of carbonyl (C=O) groups excluding carboxylic acids is 1. The number of fused-ring (bicyclic) bond motifs is 7. The lowest BCUT2D eigenvalue weighted by molar-refractivity contribution is -0.253. The van der Waals surface area contributed by atoms with Gasteiger partial charge in [-0.15, -0.1) is 0 Å². The maximum atomic E-state index is 13.2. The van der Waals surface area contributed by atoms with Crippen LogP contribution in [0.25, 0.3) is 0 Å². The van der Waals surface area contributed by atoms with Crippen molar-refractivity contribution in [3.05, 3.63) is 12.2 Å². The third-order valence-corrected chi connectivity index (χ3v) is 17.3. The first-order chi connectivity index (χ1) is 22.8. The largest absolute Gasteiger partial charge is 0.462 e. The van der Waals surface area contributed by atoms with Crippen LogP contribution in [0.15, 0.2) is 12.2 Å². The molecule has 2 heteroatoms. The van der Waals surface area contributed by atoms with E-state index in [-0.39, 0.29) is 17.5 Å². The molecular formula is C46H80O2. The molecule has 0 aliphatic heterocycles. The fourth-order valence-corrected chi connectivity index (χ4v) is 14.5. The van der Waals surface area contributed by atoms with Crippen molar-refractivity contribution in [3.63, 3.8) is 0 Å². The molecule has 5 aliphatic carbocycles. The Morgan fingerprint density at radius 3 is 1.67 bits per heavy atom. The van der Waals surface area contributed by atoms with Crippen LogP contribution >= 0.6 is 0 Å². The van der Waals surface area contributed by atoms with Crippen molar-refractivity contribution in [1.82, 2.24) is 0 Å². The Labute approximate surface area is 299 Å². The van der Waals surface area contributed by atoms with Crippen molar-refractivity contribution >= 4 is 5.97 Å². The molecule has 5 aliphatic rings. The summed E-state index contributed by atoms with van der Waals surface area (Å²) in [6.07, 6.45) is 31.5. The van der Waals surface area contributed by atoms with E-state index in [1.807, 2.05) is 0 Å². The lowest BCUT2D eigenvalue weighted by Crippen LogP contribution is -2.67. The third kappa shape index (κ3) is 7.02. The van der Waals surface area contributed by atoms with Crippen LogP contribution in [0.5, 0.6) is 0 Å². The van der Waals surface area contributed by atoms with E-state index < -0.39 is 0 Å². The Morgan fingerprint density at radius 1 is 0.604 bits per heavy atom. The monoisotopic (exact) mass is 665 g/mol. The first-order valence-corrected chi connectivity index (χ1v) is 21.6. The summed E-state index contributed by atoms with van der Waals surface area (Å²) in [5.74, 6) is 3.95. The van der Waals surface area contributed by atoms with Gasteiger partial charge in [-0.1, -0.05) is 138 Å². The Bertz CT molecular complexity index is 1090. The van der Waals surface area contributed by atoms with Gasteiger partial charge < -0.3 is 4.74 Å². The molecule has 0 aromatic heterocycles. The molecule has 0 N–H and O–H groups in total. The van der Waals surface area contributed by atoms with E-state index in [4.69, 9.17) is 4.74 Å². The number of ether oxygens (including phenoxy) is 1. The average molecular weight is 665 g/mol. The standard InChI is InChI=1S/C46H80O2/c1-10-11-12-13-14-15-16-17-18-19-20-21-22-23-41(47)48-40-29-31-44(7)37(42(40,4)5)28-33-46(9)39(44)25-24-38-43(6)30-26-35(34(2)3)36(43)27-32-45(38,46)8/h35-40H,2,10-33H2,1,3-9H3/t35-,36+,37+,38?,39-,40+,43+,44+,45-,46-/m1/s1. The predicted octanol–water partition coefficient (Wildman–Crippen LogP) is 14.1. The molecule has 0 bridgehead atoms. The smallest absolute Gasteiger partial charge is 0.306 e. The molecule has 10 atom stereocenters. The number of unbranched alkanes of at least 4 members (excludes halogenated alkanes) is 12. The van der Waals surface area contributed by atoms with Crippen LogP contribution in [0.4, 0.5) is 0 Å². The molecule has 5 rings (SSSR count). The summed E-state index contributed by atoms with van der Waals surface area (Å²) in [5, 5.41) is 0. The maximum Gasteiger partial charge on any atom is 0.306 e. The van der Waals surface area contributed by atoms with Crippen LogP contribution in [-0.2, 0) is 9.53 Å². The van der Waals surface area contributed by atoms with Gasteiger partial charge in [-0.25, -0.2) is 0 Å². The van der Waals surface area contributed by atoms with Gasteiger partial charge in [-0.2, -0.15) is 0 Å². The Hall–Kier alpha value is -0.790. The number of rotatable bonds is 16. The van der Waals surface area contributed by atoms with Gasteiger partial charge in [0, 0.05) is 11.8 Å². The number of carbonyl (C=O) groups is 1. The lowest BCUT2D eigenvalue weighted by Gasteiger charge is -2.73. The van der Waals surface area contributed by atoms with Crippen LogP contribution in [0, 0.1) is 56.7 Å². The molecule has 2 nitrogen and oxygen atoms in total. The molecule has 276 valence electrons. The topological polar surface area (TPSA) is 26.3 Å². The summed E-state index contributed by atoms with van der Waals surface area (Å²) < 4.78 is 6.42. The van der Waals surface area contributed by atoms with E-state index in [1.54, 1.807) is 0 Å². The van der Waals surface area contributed by atoms with Crippen LogP contribution < -0.4 is 0 Å². The van der Waals surface area contributed by atoms with Crippen LogP contribution in [0.3, 0.4) is 0 Å². The molecule has 0 saturated heterocycles. The summed E-state index contributed by atoms with van der Waals surface area (Å²) >= 11 is 0. The number of esters is 1. The number of allylic oxidation sites excluding steroid dienone is 1. The zero-order chi connectivity index (χ0) is 34.8. The summed E-state index contributed by atoms with van der Waals surface area (Å²) in [6, 6.07) is 0. The van der Waals surface area contributed by atoms with Gasteiger partial charge in [0.15, 0.2) is 0 Å². The molecule has 48 heavy (non-hydrogen) atoms. The molecule has 0 spiro atoms. The molecule has 1 unspecified atom stereocenters. The summed E-state index contributed by atoms with van der Waals surface area (Å²) in [6.45, 7) is 24.9. The molecule has 0 aromatic carbocycles. The van der Waals surface area contributed by atoms with Crippen LogP contribution in [0.2, 0.25) is 0 Å². The Balaban J connectivity index is 1.10. The van der Waals surface area contributed by atoms with E-state index in [2.05, 4.69) is 62.0 Å².